The average Bonchev–Trinajstić information content (AvgIpc) is 3.51. The van der Waals surface area contributed by atoms with Crippen molar-refractivity contribution in [3.63, 3.8) is 0 Å². The van der Waals surface area contributed by atoms with Crippen LogP contribution in [-0.2, 0) is 16.1 Å². The minimum Gasteiger partial charge on any atom is -0.395 e. The minimum atomic E-state index is -3.75. The molecule has 1 unspecified atom stereocenters. The summed E-state index contributed by atoms with van der Waals surface area (Å²) >= 11 is 0. The van der Waals surface area contributed by atoms with Gasteiger partial charge < -0.3 is 24.6 Å². The number of rotatable bonds is 6. The van der Waals surface area contributed by atoms with Gasteiger partial charge in [0.15, 0.2) is 11.5 Å². The third-order valence-corrected chi connectivity index (χ3v) is 6.97. The Balaban J connectivity index is 1.28. The van der Waals surface area contributed by atoms with Crippen molar-refractivity contribution in [1.82, 2.24) is 15.2 Å². The van der Waals surface area contributed by atoms with Crippen LogP contribution in [0.15, 0.2) is 60.8 Å². The van der Waals surface area contributed by atoms with Gasteiger partial charge in [-0.2, -0.15) is 0 Å². The first-order valence-electron chi connectivity index (χ1n) is 12.4. The van der Waals surface area contributed by atoms with E-state index in [1.807, 2.05) is 0 Å². The fourth-order valence-corrected chi connectivity index (χ4v) is 4.91. The van der Waals surface area contributed by atoms with Crippen LogP contribution >= 0.6 is 0 Å². The Morgan fingerprint density at radius 2 is 1.82 bits per heavy atom. The first kappa shape index (κ1) is 27.0. The first-order valence-corrected chi connectivity index (χ1v) is 12.4. The summed E-state index contributed by atoms with van der Waals surface area (Å²) in [5.74, 6) is -2.12. The Kier molecular flexibility index (Phi) is 7.09. The van der Waals surface area contributed by atoms with E-state index in [4.69, 9.17) is 0 Å². The van der Waals surface area contributed by atoms with Crippen molar-refractivity contribution in [3.8, 4) is 11.5 Å². The van der Waals surface area contributed by atoms with Crippen molar-refractivity contribution in [2.24, 2.45) is 0 Å². The number of carbonyl (C=O) groups excluding carboxylic acids is 3. The number of carbonyl (C=O) groups is 3. The molecule has 0 aliphatic carbocycles. The van der Waals surface area contributed by atoms with Crippen LogP contribution in [0.2, 0.25) is 0 Å². The lowest BCUT2D eigenvalue weighted by Crippen LogP contribution is -2.45. The van der Waals surface area contributed by atoms with E-state index in [2.05, 4.69) is 19.8 Å². The van der Waals surface area contributed by atoms with E-state index in [1.165, 1.54) is 66.4 Å². The Morgan fingerprint density at radius 1 is 1.10 bits per heavy atom. The highest BCUT2D eigenvalue weighted by atomic mass is 19.3. The van der Waals surface area contributed by atoms with E-state index in [-0.39, 0.29) is 48.5 Å². The van der Waals surface area contributed by atoms with Gasteiger partial charge >= 0.3 is 6.29 Å². The molecule has 40 heavy (non-hydrogen) atoms. The van der Waals surface area contributed by atoms with Gasteiger partial charge in [0.05, 0.1) is 0 Å². The molecule has 0 spiro atoms. The lowest BCUT2D eigenvalue weighted by Gasteiger charge is -2.23. The SMILES string of the molecule is CC(=O)N1CC(c2ccc3c(c2)OC(F)(F)O3)C[C@@H]1C(=O)NCc1cccnc1C(=O)N(C)c1ccc(F)cc1. The highest BCUT2D eigenvalue weighted by Gasteiger charge is 2.44. The summed E-state index contributed by atoms with van der Waals surface area (Å²) in [6.07, 6.45) is -2.03. The molecule has 1 fully saturated rings. The summed E-state index contributed by atoms with van der Waals surface area (Å²) in [5, 5.41) is 2.79. The number of pyridine rings is 1. The van der Waals surface area contributed by atoms with Crippen LogP contribution < -0.4 is 19.7 Å². The van der Waals surface area contributed by atoms with Gasteiger partial charge in [0, 0.05) is 50.4 Å². The third-order valence-electron chi connectivity index (χ3n) is 6.97. The van der Waals surface area contributed by atoms with E-state index in [0.29, 0.717) is 16.8 Å². The number of nitrogens with zero attached hydrogens (tertiary/aromatic N) is 3. The van der Waals surface area contributed by atoms with Crippen molar-refractivity contribution in [3.05, 3.63) is 83.4 Å². The van der Waals surface area contributed by atoms with Gasteiger partial charge in [-0.05, 0) is 54.4 Å². The molecule has 1 saturated heterocycles. The quantitative estimate of drug-likeness (QED) is 0.497. The largest absolute Gasteiger partial charge is 0.586 e. The average molecular weight is 555 g/mol. The number of anilines is 1. The second-order valence-corrected chi connectivity index (χ2v) is 9.56. The number of hydrogen-bond donors (Lipinski definition) is 1. The van der Waals surface area contributed by atoms with Gasteiger partial charge in [0.25, 0.3) is 5.91 Å². The lowest BCUT2D eigenvalue weighted by atomic mass is 9.95. The van der Waals surface area contributed by atoms with Gasteiger partial charge in [-0.25, -0.2) is 4.39 Å². The number of nitrogens with one attached hydrogen (secondary N) is 1. The molecule has 1 N–H and O–H groups in total. The van der Waals surface area contributed by atoms with E-state index >= 15 is 0 Å². The highest BCUT2D eigenvalue weighted by Crippen LogP contribution is 2.43. The van der Waals surface area contributed by atoms with E-state index in [0.717, 1.165) is 0 Å². The first-order chi connectivity index (χ1) is 19.0. The summed E-state index contributed by atoms with van der Waals surface area (Å²) in [6, 6.07) is 12.3. The minimum absolute atomic E-state index is 0.0307. The molecule has 2 aliphatic rings. The zero-order chi connectivity index (χ0) is 28.6. The van der Waals surface area contributed by atoms with Crippen LogP contribution in [0.5, 0.6) is 11.5 Å². The number of halogens is 3. The number of alkyl halides is 2. The highest BCUT2D eigenvalue weighted by molar-refractivity contribution is 6.05. The summed E-state index contributed by atoms with van der Waals surface area (Å²) in [4.78, 5) is 45.7. The van der Waals surface area contributed by atoms with Crippen LogP contribution in [0.4, 0.5) is 18.9 Å². The lowest BCUT2D eigenvalue weighted by molar-refractivity contribution is -0.286. The van der Waals surface area contributed by atoms with Crippen LogP contribution in [0, 0.1) is 5.82 Å². The Labute approximate surface area is 227 Å². The molecule has 2 atom stereocenters. The van der Waals surface area contributed by atoms with E-state index < -0.39 is 30.0 Å². The van der Waals surface area contributed by atoms with Crippen molar-refractivity contribution < 1.29 is 37.0 Å². The fraction of sp³-hybridized carbons (Fsp3) is 0.286. The molecular formula is C28H25F3N4O5. The molecule has 1 aromatic heterocycles. The number of benzene rings is 2. The van der Waals surface area contributed by atoms with Crippen molar-refractivity contribution >= 4 is 23.4 Å². The fourth-order valence-electron chi connectivity index (χ4n) is 4.91. The smallest absolute Gasteiger partial charge is 0.395 e. The summed E-state index contributed by atoms with van der Waals surface area (Å²) < 4.78 is 49.2. The van der Waals surface area contributed by atoms with Gasteiger partial charge in [-0.1, -0.05) is 12.1 Å². The number of hydrogen-bond acceptors (Lipinski definition) is 6. The van der Waals surface area contributed by atoms with Crippen molar-refractivity contribution in [2.75, 3.05) is 18.5 Å². The third kappa shape index (κ3) is 5.42. The molecule has 208 valence electrons. The molecule has 5 rings (SSSR count). The molecule has 3 aromatic rings. The van der Waals surface area contributed by atoms with E-state index in [1.54, 1.807) is 18.2 Å². The van der Waals surface area contributed by atoms with Crippen molar-refractivity contribution in [2.45, 2.75) is 38.1 Å². The summed E-state index contributed by atoms with van der Waals surface area (Å²) in [7, 11) is 1.53. The maximum absolute atomic E-state index is 13.4. The van der Waals surface area contributed by atoms with E-state index in [9.17, 15) is 27.6 Å². The van der Waals surface area contributed by atoms with Gasteiger partial charge in [0.1, 0.15) is 17.6 Å². The van der Waals surface area contributed by atoms with Gasteiger partial charge in [0.2, 0.25) is 11.8 Å². The topological polar surface area (TPSA) is 101 Å². The predicted molar refractivity (Wildman–Crippen MR) is 136 cm³/mol. The summed E-state index contributed by atoms with van der Waals surface area (Å²) in [6.45, 7) is 1.53. The molecule has 3 heterocycles. The van der Waals surface area contributed by atoms with Gasteiger partial charge in [-0.3, -0.25) is 19.4 Å². The molecule has 12 heteroatoms. The van der Waals surface area contributed by atoms with Crippen LogP contribution in [0.3, 0.4) is 0 Å². The van der Waals surface area contributed by atoms with Crippen LogP contribution in [0.1, 0.15) is 40.9 Å². The zero-order valence-corrected chi connectivity index (χ0v) is 21.6. The second-order valence-electron chi connectivity index (χ2n) is 9.56. The van der Waals surface area contributed by atoms with Crippen LogP contribution in [-0.4, -0.2) is 53.5 Å². The van der Waals surface area contributed by atoms with Crippen molar-refractivity contribution in [1.29, 1.82) is 0 Å². The Morgan fingerprint density at radius 3 is 2.55 bits per heavy atom. The number of fused-ring (bicyclic) bond motifs is 1. The zero-order valence-electron chi connectivity index (χ0n) is 21.6. The standard InChI is InChI=1S/C28H25F3N4O5/c1-16(36)35-15-19(17-5-10-23-24(13-17)40-28(30,31)39-23)12-22(35)26(37)33-14-18-4-3-11-32-25(18)27(38)34(2)21-8-6-20(29)7-9-21/h3-11,13,19,22H,12,14-15H2,1-2H3,(H,33,37)/t19?,22-/m1/s1. The van der Waals surface area contributed by atoms with Crippen LogP contribution in [0.25, 0.3) is 0 Å². The molecule has 0 radical (unpaired) electrons. The molecule has 2 aliphatic heterocycles. The Bertz CT molecular complexity index is 1470. The van der Waals surface area contributed by atoms with Gasteiger partial charge in [-0.15, -0.1) is 8.78 Å². The predicted octanol–water partition coefficient (Wildman–Crippen LogP) is 3.84. The molecule has 0 saturated carbocycles. The number of amides is 3. The number of likely N-dealkylation sites (tertiary alicyclic amines) is 1. The number of aromatic nitrogens is 1. The molecule has 0 bridgehead atoms. The normalized spacial score (nSPS) is 18.9. The molecular weight excluding hydrogens is 529 g/mol. The maximum Gasteiger partial charge on any atom is 0.586 e. The monoisotopic (exact) mass is 554 g/mol. The maximum atomic E-state index is 13.4. The number of ether oxygens (including phenoxy) is 2. The molecule has 3 amide bonds. The summed E-state index contributed by atoms with van der Waals surface area (Å²) in [5.41, 5.74) is 1.66. The molecule has 9 nitrogen and oxygen atoms in total. The Hall–Kier alpha value is -4.61. The molecule has 2 aromatic carbocycles. The second kappa shape index (κ2) is 10.5.